The first-order chi connectivity index (χ1) is 14.1. The van der Waals surface area contributed by atoms with Crippen LogP contribution in [0.4, 0.5) is 11.4 Å². The number of thioether (sulfide) groups is 1. The summed E-state index contributed by atoms with van der Waals surface area (Å²) in [6.07, 6.45) is 0.791. The molecule has 0 saturated carbocycles. The Morgan fingerprint density at radius 3 is 2.76 bits per heavy atom. The monoisotopic (exact) mass is 408 g/mol. The van der Waals surface area contributed by atoms with E-state index in [1.165, 1.54) is 11.8 Å². The smallest absolute Gasteiger partial charge is 0.277 e. The van der Waals surface area contributed by atoms with E-state index in [0.717, 1.165) is 5.56 Å². The molecule has 148 valence electrons. The zero-order valence-corrected chi connectivity index (χ0v) is 16.7. The van der Waals surface area contributed by atoms with Gasteiger partial charge in [0.25, 0.3) is 5.22 Å². The molecule has 0 radical (unpaired) electrons. The van der Waals surface area contributed by atoms with Gasteiger partial charge in [0.15, 0.2) is 0 Å². The van der Waals surface area contributed by atoms with Crippen LogP contribution in [-0.4, -0.2) is 33.8 Å². The van der Waals surface area contributed by atoms with Crippen LogP contribution in [0.2, 0.25) is 0 Å². The molecular weight excluding hydrogens is 388 g/mol. The van der Waals surface area contributed by atoms with E-state index in [2.05, 4.69) is 15.5 Å². The summed E-state index contributed by atoms with van der Waals surface area (Å²) in [6.45, 7) is 1.87. The zero-order chi connectivity index (χ0) is 20.2. The largest absolute Gasteiger partial charge is 0.416 e. The van der Waals surface area contributed by atoms with Gasteiger partial charge in [0.1, 0.15) is 0 Å². The van der Waals surface area contributed by atoms with Crippen molar-refractivity contribution in [3.05, 3.63) is 66.1 Å². The van der Waals surface area contributed by atoms with E-state index in [0.29, 0.717) is 28.9 Å². The van der Waals surface area contributed by atoms with Crippen molar-refractivity contribution >= 4 is 35.0 Å². The molecule has 2 heterocycles. The van der Waals surface area contributed by atoms with Crippen molar-refractivity contribution in [3.63, 3.8) is 0 Å². The number of anilines is 2. The zero-order valence-electron chi connectivity index (χ0n) is 15.9. The summed E-state index contributed by atoms with van der Waals surface area (Å²) in [6, 6.07) is 16.9. The molecular formula is C21H20N4O3S. The lowest BCUT2D eigenvalue weighted by Gasteiger charge is -2.27. The third-order valence-corrected chi connectivity index (χ3v) is 5.40. The fraction of sp³-hybridized carbons (Fsp3) is 0.238. The van der Waals surface area contributed by atoms with Crippen LogP contribution in [0.3, 0.4) is 0 Å². The number of rotatable bonds is 5. The molecule has 0 aliphatic carbocycles. The van der Waals surface area contributed by atoms with Crippen LogP contribution in [-0.2, 0) is 16.0 Å². The van der Waals surface area contributed by atoms with Gasteiger partial charge in [-0.2, -0.15) is 0 Å². The number of nitrogens with one attached hydrogen (secondary N) is 1. The van der Waals surface area contributed by atoms with Gasteiger partial charge < -0.3 is 14.6 Å². The molecule has 1 atom stereocenters. The van der Waals surface area contributed by atoms with Gasteiger partial charge >= 0.3 is 0 Å². The predicted molar refractivity (Wildman–Crippen MR) is 111 cm³/mol. The number of hydrogen-bond donors (Lipinski definition) is 1. The minimum atomic E-state index is -0.247. The molecule has 3 aromatic rings. The second kappa shape index (κ2) is 8.48. The maximum absolute atomic E-state index is 13.0. The predicted octanol–water partition coefficient (Wildman–Crippen LogP) is 3.52. The molecule has 4 rings (SSSR count). The van der Waals surface area contributed by atoms with Crippen molar-refractivity contribution in [2.24, 2.45) is 0 Å². The maximum atomic E-state index is 13.0. The van der Waals surface area contributed by atoms with E-state index in [-0.39, 0.29) is 30.0 Å². The highest BCUT2D eigenvalue weighted by Gasteiger charge is 2.29. The topological polar surface area (TPSA) is 88.3 Å². The molecule has 1 aromatic heterocycles. The minimum absolute atomic E-state index is 0.102. The quantitative estimate of drug-likeness (QED) is 0.650. The van der Waals surface area contributed by atoms with Crippen LogP contribution in [0.1, 0.15) is 24.8 Å². The Hall–Kier alpha value is -3.13. The van der Waals surface area contributed by atoms with Gasteiger partial charge in [0, 0.05) is 12.5 Å². The number of carbonyl (C=O) groups excluding carboxylic acids is 2. The molecule has 7 nitrogen and oxygen atoms in total. The summed E-state index contributed by atoms with van der Waals surface area (Å²) in [5, 5.41) is 11.3. The van der Waals surface area contributed by atoms with E-state index in [1.54, 1.807) is 11.0 Å². The molecule has 2 amide bonds. The van der Waals surface area contributed by atoms with Crippen LogP contribution in [0.5, 0.6) is 0 Å². The normalized spacial score (nSPS) is 16.1. The fourth-order valence-electron chi connectivity index (χ4n) is 3.30. The van der Waals surface area contributed by atoms with Gasteiger partial charge in [0.05, 0.1) is 23.5 Å². The molecule has 8 heteroatoms. The molecule has 0 bridgehead atoms. The van der Waals surface area contributed by atoms with Gasteiger partial charge in [-0.15, -0.1) is 10.2 Å². The van der Waals surface area contributed by atoms with E-state index < -0.39 is 0 Å². The van der Waals surface area contributed by atoms with Crippen molar-refractivity contribution in [3.8, 4) is 0 Å². The van der Waals surface area contributed by atoms with Crippen LogP contribution < -0.4 is 10.2 Å². The first-order valence-corrected chi connectivity index (χ1v) is 10.3. The first-order valence-electron chi connectivity index (χ1n) is 9.30. The first kappa shape index (κ1) is 19.2. The van der Waals surface area contributed by atoms with Gasteiger partial charge in [0.2, 0.25) is 17.7 Å². The number of nitrogens with zero attached hydrogens (tertiary/aromatic N) is 3. The van der Waals surface area contributed by atoms with Gasteiger partial charge in [-0.3, -0.25) is 9.59 Å². The van der Waals surface area contributed by atoms with Crippen LogP contribution in [0.15, 0.2) is 64.2 Å². The molecule has 0 saturated heterocycles. The Morgan fingerprint density at radius 1 is 1.17 bits per heavy atom. The molecule has 0 unspecified atom stereocenters. The van der Waals surface area contributed by atoms with Gasteiger partial charge in [-0.1, -0.05) is 54.2 Å². The Balaban J connectivity index is 1.44. The summed E-state index contributed by atoms with van der Waals surface area (Å²) in [4.78, 5) is 26.7. The van der Waals surface area contributed by atoms with Crippen molar-refractivity contribution < 1.29 is 14.0 Å². The highest BCUT2D eigenvalue weighted by molar-refractivity contribution is 7.99. The average Bonchev–Trinajstić information content (AvgIpc) is 3.10. The summed E-state index contributed by atoms with van der Waals surface area (Å²) in [7, 11) is 0. The third-order valence-electron chi connectivity index (χ3n) is 4.59. The number of benzene rings is 2. The lowest BCUT2D eigenvalue weighted by Crippen LogP contribution is -2.40. The second-order valence-electron chi connectivity index (χ2n) is 6.79. The summed E-state index contributed by atoms with van der Waals surface area (Å²) in [5.41, 5.74) is 2.42. The second-order valence-corrected chi connectivity index (χ2v) is 7.72. The fourth-order valence-corrected chi connectivity index (χ4v) is 3.94. The standard InChI is InChI=1S/C21H20N4O3S/c1-14-11-18(26)22-16-9-5-6-10-17(16)25(14)20(27)13-29-21-24-23-19(28-21)12-15-7-3-2-4-8-15/h2-10,14H,11-13H2,1H3,(H,22,26)/t14-/m0/s1. The molecule has 29 heavy (non-hydrogen) atoms. The molecule has 0 spiro atoms. The van der Waals surface area contributed by atoms with Crippen molar-refractivity contribution in [1.82, 2.24) is 10.2 Å². The molecule has 0 fully saturated rings. The number of para-hydroxylation sites is 2. The van der Waals surface area contributed by atoms with E-state index >= 15 is 0 Å². The van der Waals surface area contributed by atoms with Crippen LogP contribution in [0.25, 0.3) is 0 Å². The maximum Gasteiger partial charge on any atom is 0.277 e. The van der Waals surface area contributed by atoms with E-state index in [1.807, 2.05) is 55.5 Å². The molecule has 1 N–H and O–H groups in total. The SMILES string of the molecule is C[C@H]1CC(=O)Nc2ccccc2N1C(=O)CSc1nnc(Cc2ccccc2)o1. The van der Waals surface area contributed by atoms with E-state index in [9.17, 15) is 9.59 Å². The number of carbonyl (C=O) groups is 2. The number of amides is 2. The summed E-state index contributed by atoms with van der Waals surface area (Å²) < 4.78 is 5.67. The van der Waals surface area contributed by atoms with Crippen molar-refractivity contribution in [2.75, 3.05) is 16.0 Å². The van der Waals surface area contributed by atoms with Crippen molar-refractivity contribution in [2.45, 2.75) is 31.0 Å². The number of hydrogen-bond acceptors (Lipinski definition) is 6. The van der Waals surface area contributed by atoms with Crippen molar-refractivity contribution in [1.29, 1.82) is 0 Å². The van der Waals surface area contributed by atoms with Gasteiger partial charge in [-0.25, -0.2) is 0 Å². The van der Waals surface area contributed by atoms with E-state index in [4.69, 9.17) is 4.42 Å². The summed E-state index contributed by atoms with van der Waals surface area (Å²) in [5.74, 6) is 0.430. The Labute approximate surface area is 172 Å². The molecule has 1 aliphatic rings. The summed E-state index contributed by atoms with van der Waals surface area (Å²) >= 11 is 1.20. The Morgan fingerprint density at radius 2 is 1.93 bits per heavy atom. The number of aromatic nitrogens is 2. The Kier molecular flexibility index (Phi) is 5.62. The highest BCUT2D eigenvalue weighted by Crippen LogP contribution is 2.32. The molecule has 1 aliphatic heterocycles. The van der Waals surface area contributed by atoms with Crippen LogP contribution >= 0.6 is 11.8 Å². The number of fused-ring (bicyclic) bond motifs is 1. The highest BCUT2D eigenvalue weighted by atomic mass is 32.2. The van der Waals surface area contributed by atoms with Crippen LogP contribution in [0, 0.1) is 0 Å². The lowest BCUT2D eigenvalue weighted by molar-refractivity contribution is -0.117. The van der Waals surface area contributed by atoms with Gasteiger partial charge in [-0.05, 0) is 24.6 Å². The Bertz CT molecular complexity index is 1020. The minimum Gasteiger partial charge on any atom is -0.416 e. The third kappa shape index (κ3) is 4.48. The average molecular weight is 408 g/mol. The lowest BCUT2D eigenvalue weighted by atomic mass is 10.2. The molecule has 2 aromatic carbocycles.